The molecule has 15 heavy (non-hydrogen) atoms. The molecule has 0 aromatic heterocycles. The van der Waals surface area contributed by atoms with Gasteiger partial charge in [-0.05, 0) is 37.3 Å². The first-order chi connectivity index (χ1) is 7.25. The van der Waals surface area contributed by atoms with E-state index in [2.05, 4.69) is 61.4 Å². The molecular formula is C14H17N. The van der Waals surface area contributed by atoms with E-state index in [0.717, 1.165) is 13.1 Å². The molecule has 1 aliphatic rings. The maximum Gasteiger partial charge on any atom is 0.0427 e. The van der Waals surface area contributed by atoms with Crippen LogP contribution in [0.3, 0.4) is 0 Å². The third-order valence-electron chi connectivity index (χ3n) is 2.88. The average molecular weight is 199 g/mol. The molecular weight excluding hydrogens is 182 g/mol. The summed E-state index contributed by atoms with van der Waals surface area (Å²) in [6.45, 7) is 6.43. The van der Waals surface area contributed by atoms with E-state index in [1.165, 1.54) is 16.7 Å². The first-order valence-electron chi connectivity index (χ1n) is 5.38. The predicted molar refractivity (Wildman–Crippen MR) is 64.4 cm³/mol. The maximum atomic E-state index is 2.34. The number of nitrogens with zero attached hydrogens (tertiary/aromatic N) is 1. The van der Waals surface area contributed by atoms with Crippen molar-refractivity contribution in [2.75, 3.05) is 6.54 Å². The summed E-state index contributed by atoms with van der Waals surface area (Å²) in [7, 11) is 0. The summed E-state index contributed by atoms with van der Waals surface area (Å²) >= 11 is 0. The molecule has 0 unspecified atom stereocenters. The Hall–Kier alpha value is -1.50. The minimum Gasteiger partial charge on any atom is -0.369 e. The minimum absolute atomic E-state index is 1.00. The molecule has 1 heterocycles. The van der Waals surface area contributed by atoms with Gasteiger partial charge in [0.15, 0.2) is 0 Å². The molecule has 0 saturated carbocycles. The topological polar surface area (TPSA) is 3.24 Å². The average Bonchev–Trinajstić information content (AvgIpc) is 2.25. The van der Waals surface area contributed by atoms with E-state index in [1.807, 2.05) is 0 Å². The van der Waals surface area contributed by atoms with Gasteiger partial charge in [0.2, 0.25) is 0 Å². The summed E-state index contributed by atoms with van der Waals surface area (Å²) in [5, 5.41) is 0. The van der Waals surface area contributed by atoms with Crippen molar-refractivity contribution >= 4 is 0 Å². The fourth-order valence-corrected chi connectivity index (χ4v) is 1.77. The Morgan fingerprint density at radius 2 is 1.87 bits per heavy atom. The molecule has 1 aliphatic heterocycles. The molecule has 1 nitrogen and oxygen atoms in total. The summed E-state index contributed by atoms with van der Waals surface area (Å²) in [4.78, 5) is 2.34. The molecule has 0 fully saturated rings. The highest BCUT2D eigenvalue weighted by molar-refractivity contribution is 5.27. The van der Waals surface area contributed by atoms with Crippen molar-refractivity contribution < 1.29 is 0 Å². The summed E-state index contributed by atoms with van der Waals surface area (Å²) in [5.74, 6) is 0. The van der Waals surface area contributed by atoms with Crippen LogP contribution in [0.5, 0.6) is 0 Å². The number of benzene rings is 1. The number of rotatable bonds is 2. The second-order valence-corrected chi connectivity index (χ2v) is 4.17. The van der Waals surface area contributed by atoms with Gasteiger partial charge in [-0.25, -0.2) is 0 Å². The Morgan fingerprint density at radius 1 is 1.13 bits per heavy atom. The van der Waals surface area contributed by atoms with Crippen LogP contribution in [-0.2, 0) is 6.54 Å². The highest BCUT2D eigenvalue weighted by Crippen LogP contribution is 2.16. The predicted octanol–water partition coefficient (Wildman–Crippen LogP) is 3.35. The highest BCUT2D eigenvalue weighted by atomic mass is 15.1. The van der Waals surface area contributed by atoms with Crippen molar-refractivity contribution in [1.29, 1.82) is 0 Å². The van der Waals surface area contributed by atoms with E-state index >= 15 is 0 Å². The molecule has 1 aromatic rings. The second-order valence-electron chi connectivity index (χ2n) is 4.17. The van der Waals surface area contributed by atoms with E-state index in [0.29, 0.717) is 0 Å². The van der Waals surface area contributed by atoms with Gasteiger partial charge in [0, 0.05) is 13.1 Å². The molecule has 0 spiro atoms. The zero-order valence-electron chi connectivity index (χ0n) is 9.40. The fourth-order valence-electron chi connectivity index (χ4n) is 1.77. The molecule has 0 N–H and O–H groups in total. The first-order valence-corrected chi connectivity index (χ1v) is 5.38. The molecule has 1 aromatic carbocycles. The minimum atomic E-state index is 1.00. The third kappa shape index (κ3) is 2.50. The van der Waals surface area contributed by atoms with E-state index < -0.39 is 0 Å². The summed E-state index contributed by atoms with van der Waals surface area (Å²) < 4.78 is 0. The standard InChI is InChI=1S/C14H17N/c1-12-8-9-15(10-13(12)2)11-14-6-4-3-5-7-14/h3-9H,10-11H2,1-2H3. The normalized spacial score (nSPS) is 16.0. The Kier molecular flexibility index (Phi) is 2.91. The smallest absolute Gasteiger partial charge is 0.0427 e. The molecule has 0 amide bonds. The Labute approximate surface area is 91.7 Å². The zero-order chi connectivity index (χ0) is 10.7. The van der Waals surface area contributed by atoms with Crippen LogP contribution in [0.4, 0.5) is 0 Å². The zero-order valence-corrected chi connectivity index (χ0v) is 9.40. The van der Waals surface area contributed by atoms with E-state index in [-0.39, 0.29) is 0 Å². The van der Waals surface area contributed by atoms with Crippen LogP contribution in [-0.4, -0.2) is 11.4 Å². The van der Waals surface area contributed by atoms with Gasteiger partial charge in [-0.2, -0.15) is 0 Å². The number of hydrogen-bond acceptors (Lipinski definition) is 1. The van der Waals surface area contributed by atoms with Gasteiger partial charge in [-0.3, -0.25) is 0 Å². The monoisotopic (exact) mass is 199 g/mol. The lowest BCUT2D eigenvalue weighted by Crippen LogP contribution is -2.21. The van der Waals surface area contributed by atoms with E-state index in [4.69, 9.17) is 0 Å². The molecule has 0 radical (unpaired) electrons. The van der Waals surface area contributed by atoms with Gasteiger partial charge in [0.1, 0.15) is 0 Å². The van der Waals surface area contributed by atoms with Gasteiger partial charge in [-0.15, -0.1) is 0 Å². The summed E-state index contributed by atoms with van der Waals surface area (Å²) in [6, 6.07) is 10.6. The van der Waals surface area contributed by atoms with Gasteiger partial charge in [0.25, 0.3) is 0 Å². The molecule has 0 atom stereocenters. The second kappa shape index (κ2) is 4.35. The molecule has 0 aliphatic carbocycles. The van der Waals surface area contributed by atoms with E-state index in [9.17, 15) is 0 Å². The van der Waals surface area contributed by atoms with Crippen LogP contribution in [0.25, 0.3) is 0 Å². The van der Waals surface area contributed by atoms with Crippen LogP contribution in [0.2, 0.25) is 0 Å². The van der Waals surface area contributed by atoms with Crippen molar-refractivity contribution in [2.45, 2.75) is 20.4 Å². The molecule has 78 valence electrons. The lowest BCUT2D eigenvalue weighted by atomic mass is 10.1. The molecule has 0 bridgehead atoms. The highest BCUT2D eigenvalue weighted by Gasteiger charge is 2.07. The number of hydrogen-bond donors (Lipinski definition) is 0. The Bertz CT molecular complexity index is 387. The van der Waals surface area contributed by atoms with Crippen molar-refractivity contribution in [2.24, 2.45) is 0 Å². The first kappa shape index (κ1) is 10.0. The lowest BCUT2D eigenvalue weighted by molar-refractivity contribution is 0.393. The van der Waals surface area contributed by atoms with Crippen LogP contribution in [0, 0.1) is 0 Å². The molecule has 1 heteroatoms. The van der Waals surface area contributed by atoms with Crippen LogP contribution in [0.15, 0.2) is 53.8 Å². The maximum absolute atomic E-state index is 2.34. The number of allylic oxidation sites excluding steroid dienone is 2. The van der Waals surface area contributed by atoms with Gasteiger partial charge < -0.3 is 4.90 Å². The van der Waals surface area contributed by atoms with Gasteiger partial charge >= 0.3 is 0 Å². The molecule has 0 saturated heterocycles. The Morgan fingerprint density at radius 3 is 2.53 bits per heavy atom. The van der Waals surface area contributed by atoms with Crippen molar-refractivity contribution in [3.8, 4) is 0 Å². The third-order valence-corrected chi connectivity index (χ3v) is 2.88. The van der Waals surface area contributed by atoms with Crippen molar-refractivity contribution in [3.63, 3.8) is 0 Å². The van der Waals surface area contributed by atoms with Gasteiger partial charge in [-0.1, -0.05) is 35.9 Å². The van der Waals surface area contributed by atoms with Gasteiger partial charge in [0.05, 0.1) is 0 Å². The summed E-state index contributed by atoms with van der Waals surface area (Å²) in [6.07, 6.45) is 4.39. The molecule has 2 rings (SSSR count). The Balaban J connectivity index is 2.02. The largest absolute Gasteiger partial charge is 0.369 e. The fraction of sp³-hybridized carbons (Fsp3) is 0.286. The summed E-state index contributed by atoms with van der Waals surface area (Å²) in [5.41, 5.74) is 4.24. The SMILES string of the molecule is CC1=C(C)CN(Cc2ccccc2)C=C1. The lowest BCUT2D eigenvalue weighted by Gasteiger charge is -2.25. The van der Waals surface area contributed by atoms with Crippen molar-refractivity contribution in [3.05, 3.63) is 59.3 Å². The van der Waals surface area contributed by atoms with E-state index in [1.54, 1.807) is 0 Å². The quantitative estimate of drug-likeness (QED) is 0.706. The van der Waals surface area contributed by atoms with Crippen molar-refractivity contribution in [1.82, 2.24) is 4.90 Å². The van der Waals surface area contributed by atoms with Crippen LogP contribution >= 0.6 is 0 Å². The van der Waals surface area contributed by atoms with Crippen LogP contribution in [0.1, 0.15) is 19.4 Å². The van der Waals surface area contributed by atoms with Crippen LogP contribution < -0.4 is 0 Å².